The van der Waals surface area contributed by atoms with Crippen molar-refractivity contribution in [1.82, 2.24) is 5.16 Å². The molecule has 1 aromatic heterocycles. The van der Waals surface area contributed by atoms with E-state index in [1.165, 1.54) is 12.1 Å². The van der Waals surface area contributed by atoms with Crippen molar-refractivity contribution in [3.8, 4) is 0 Å². The van der Waals surface area contributed by atoms with E-state index in [0.29, 0.717) is 5.69 Å². The van der Waals surface area contributed by atoms with Crippen molar-refractivity contribution in [3.63, 3.8) is 0 Å². The number of halogens is 1. The summed E-state index contributed by atoms with van der Waals surface area (Å²) in [6, 6.07) is 7.53. The van der Waals surface area contributed by atoms with Crippen LogP contribution in [-0.4, -0.2) is 25.2 Å². The minimum atomic E-state index is -3.83. The molecule has 0 unspecified atom stereocenters. The summed E-state index contributed by atoms with van der Waals surface area (Å²) in [7, 11) is -3.83. The molecule has 2 rings (SSSR count). The maximum Gasteiger partial charge on any atom is 0.242 e. The lowest BCUT2D eigenvalue weighted by atomic mass is 10.1. The monoisotopic (exact) mass is 342 g/mol. The standard InChI is InChI=1S/C14H15ClN2O4S/c1-9(2)11-7-14(21-17-11)16-13(18)8-22(19,20)12-6-4-3-5-10(12)15/h3-7,9H,8H2,1-2H3,(H,16,18). The summed E-state index contributed by atoms with van der Waals surface area (Å²) in [6.07, 6.45) is 0. The molecule has 8 heteroatoms. The first-order valence-electron chi connectivity index (χ1n) is 6.53. The van der Waals surface area contributed by atoms with Crippen molar-refractivity contribution in [2.75, 3.05) is 11.1 Å². The third-order valence-corrected chi connectivity index (χ3v) is 4.99. The molecule has 1 amide bonds. The summed E-state index contributed by atoms with van der Waals surface area (Å²) in [6.45, 7) is 3.84. The summed E-state index contributed by atoms with van der Waals surface area (Å²) >= 11 is 5.85. The van der Waals surface area contributed by atoms with Gasteiger partial charge >= 0.3 is 0 Å². The zero-order chi connectivity index (χ0) is 16.3. The van der Waals surface area contributed by atoms with Crippen LogP contribution in [-0.2, 0) is 14.6 Å². The maximum absolute atomic E-state index is 12.2. The highest BCUT2D eigenvalue weighted by molar-refractivity contribution is 7.92. The first-order chi connectivity index (χ1) is 10.3. The number of hydrogen-bond acceptors (Lipinski definition) is 5. The van der Waals surface area contributed by atoms with Gasteiger partial charge < -0.3 is 4.52 Å². The van der Waals surface area contributed by atoms with E-state index in [9.17, 15) is 13.2 Å². The second-order valence-corrected chi connectivity index (χ2v) is 7.37. The van der Waals surface area contributed by atoms with E-state index in [2.05, 4.69) is 10.5 Å². The predicted octanol–water partition coefficient (Wildman–Crippen LogP) is 2.86. The molecule has 0 radical (unpaired) electrons. The minimum absolute atomic E-state index is 0.0766. The Hall–Kier alpha value is -1.86. The largest absolute Gasteiger partial charge is 0.338 e. The molecule has 0 saturated heterocycles. The minimum Gasteiger partial charge on any atom is -0.338 e. The van der Waals surface area contributed by atoms with Gasteiger partial charge in [0, 0.05) is 6.07 Å². The molecule has 0 spiro atoms. The van der Waals surface area contributed by atoms with Gasteiger partial charge in [0.25, 0.3) is 0 Å². The topological polar surface area (TPSA) is 89.3 Å². The molecule has 1 aromatic carbocycles. The number of carbonyl (C=O) groups is 1. The molecule has 2 aromatic rings. The molecular formula is C14H15ClN2O4S. The van der Waals surface area contributed by atoms with Crippen molar-refractivity contribution in [1.29, 1.82) is 0 Å². The number of anilines is 1. The van der Waals surface area contributed by atoms with Crippen molar-refractivity contribution < 1.29 is 17.7 Å². The van der Waals surface area contributed by atoms with Crippen LogP contribution in [0.4, 0.5) is 5.88 Å². The van der Waals surface area contributed by atoms with Crippen molar-refractivity contribution in [2.45, 2.75) is 24.7 Å². The number of hydrogen-bond donors (Lipinski definition) is 1. The van der Waals surface area contributed by atoms with Crippen LogP contribution in [0.1, 0.15) is 25.5 Å². The molecule has 0 saturated carbocycles. The molecule has 0 bridgehead atoms. The Labute approximate surface area is 133 Å². The van der Waals surface area contributed by atoms with E-state index in [1.807, 2.05) is 13.8 Å². The number of carbonyl (C=O) groups excluding carboxylic acids is 1. The van der Waals surface area contributed by atoms with Gasteiger partial charge in [0.2, 0.25) is 11.8 Å². The van der Waals surface area contributed by atoms with E-state index in [1.54, 1.807) is 18.2 Å². The molecule has 0 atom stereocenters. The molecule has 0 aliphatic rings. The number of aromatic nitrogens is 1. The molecule has 22 heavy (non-hydrogen) atoms. The van der Waals surface area contributed by atoms with E-state index in [-0.39, 0.29) is 21.7 Å². The number of rotatable bonds is 5. The molecular weight excluding hydrogens is 328 g/mol. The highest BCUT2D eigenvalue weighted by atomic mass is 35.5. The Morgan fingerprint density at radius 2 is 2.05 bits per heavy atom. The van der Waals surface area contributed by atoms with E-state index in [4.69, 9.17) is 16.1 Å². The zero-order valence-corrected chi connectivity index (χ0v) is 13.6. The van der Waals surface area contributed by atoms with Crippen LogP contribution in [0.3, 0.4) is 0 Å². The van der Waals surface area contributed by atoms with Gasteiger partial charge in [0.1, 0.15) is 5.75 Å². The molecule has 0 aliphatic carbocycles. The molecule has 6 nitrogen and oxygen atoms in total. The SMILES string of the molecule is CC(C)c1cc(NC(=O)CS(=O)(=O)c2ccccc2Cl)on1. The van der Waals surface area contributed by atoms with Gasteiger partial charge in [-0.25, -0.2) is 8.42 Å². The van der Waals surface area contributed by atoms with Gasteiger partial charge in [-0.2, -0.15) is 0 Å². The van der Waals surface area contributed by atoms with Crippen LogP contribution in [0.2, 0.25) is 5.02 Å². The average molecular weight is 343 g/mol. The maximum atomic E-state index is 12.2. The number of nitrogens with zero attached hydrogens (tertiary/aromatic N) is 1. The van der Waals surface area contributed by atoms with Crippen LogP contribution in [0.5, 0.6) is 0 Å². The average Bonchev–Trinajstić information content (AvgIpc) is 2.86. The smallest absolute Gasteiger partial charge is 0.242 e. The first kappa shape index (κ1) is 16.5. The van der Waals surface area contributed by atoms with Gasteiger partial charge in [-0.15, -0.1) is 0 Å². The van der Waals surface area contributed by atoms with Crippen LogP contribution in [0.25, 0.3) is 0 Å². The lowest BCUT2D eigenvalue weighted by Crippen LogP contribution is -2.23. The Balaban J connectivity index is 2.09. The number of benzene rings is 1. The highest BCUT2D eigenvalue weighted by Crippen LogP contribution is 2.22. The van der Waals surface area contributed by atoms with Crippen LogP contribution >= 0.6 is 11.6 Å². The second kappa shape index (κ2) is 6.50. The summed E-state index contributed by atoms with van der Waals surface area (Å²) < 4.78 is 29.3. The number of amides is 1. The Morgan fingerprint density at radius 1 is 1.36 bits per heavy atom. The van der Waals surface area contributed by atoms with Crippen LogP contribution in [0.15, 0.2) is 39.8 Å². The molecule has 1 N–H and O–H groups in total. The van der Waals surface area contributed by atoms with Crippen molar-refractivity contribution >= 4 is 33.2 Å². The summed E-state index contributed by atoms with van der Waals surface area (Å²) in [5, 5.41) is 6.23. The van der Waals surface area contributed by atoms with Gasteiger partial charge in [0.15, 0.2) is 9.84 Å². The first-order valence-corrected chi connectivity index (χ1v) is 8.56. The number of nitrogens with one attached hydrogen (secondary N) is 1. The quantitative estimate of drug-likeness (QED) is 0.902. The summed E-state index contributed by atoms with van der Waals surface area (Å²) in [4.78, 5) is 11.8. The molecule has 0 fully saturated rings. The summed E-state index contributed by atoms with van der Waals surface area (Å²) in [5.41, 5.74) is 0.671. The highest BCUT2D eigenvalue weighted by Gasteiger charge is 2.22. The normalized spacial score (nSPS) is 11.6. The molecule has 1 heterocycles. The van der Waals surface area contributed by atoms with Crippen molar-refractivity contribution in [2.24, 2.45) is 0 Å². The lowest BCUT2D eigenvalue weighted by molar-refractivity contribution is -0.114. The fraction of sp³-hybridized carbons (Fsp3) is 0.286. The van der Waals surface area contributed by atoms with E-state index < -0.39 is 21.5 Å². The van der Waals surface area contributed by atoms with Crippen LogP contribution < -0.4 is 5.32 Å². The summed E-state index contributed by atoms with van der Waals surface area (Å²) in [5.74, 6) is -1.19. The van der Waals surface area contributed by atoms with E-state index >= 15 is 0 Å². The van der Waals surface area contributed by atoms with E-state index in [0.717, 1.165) is 0 Å². The predicted molar refractivity (Wildman–Crippen MR) is 82.7 cm³/mol. The Morgan fingerprint density at radius 3 is 2.64 bits per heavy atom. The van der Waals surface area contributed by atoms with Gasteiger partial charge in [-0.1, -0.05) is 42.7 Å². The second-order valence-electron chi connectivity index (χ2n) is 5.01. The Kier molecular flexibility index (Phi) is 4.87. The third-order valence-electron chi connectivity index (χ3n) is 2.88. The van der Waals surface area contributed by atoms with Gasteiger partial charge in [0.05, 0.1) is 15.6 Å². The van der Waals surface area contributed by atoms with Crippen LogP contribution in [0, 0.1) is 0 Å². The van der Waals surface area contributed by atoms with Gasteiger partial charge in [-0.3, -0.25) is 10.1 Å². The fourth-order valence-corrected chi connectivity index (χ4v) is 3.45. The Bertz CT molecular complexity index is 784. The molecule has 0 aliphatic heterocycles. The lowest BCUT2D eigenvalue weighted by Gasteiger charge is -2.05. The fourth-order valence-electron chi connectivity index (χ4n) is 1.74. The number of sulfone groups is 1. The van der Waals surface area contributed by atoms with Crippen molar-refractivity contribution in [3.05, 3.63) is 41.0 Å². The zero-order valence-electron chi connectivity index (χ0n) is 12.0. The molecule has 118 valence electrons. The van der Waals surface area contributed by atoms with Gasteiger partial charge in [-0.05, 0) is 18.1 Å². The third kappa shape index (κ3) is 3.86.